The van der Waals surface area contributed by atoms with Crippen LogP contribution in [0.25, 0.3) is 11.1 Å². The van der Waals surface area contributed by atoms with E-state index < -0.39 is 35.4 Å². The van der Waals surface area contributed by atoms with E-state index in [-0.39, 0.29) is 22.3 Å². The summed E-state index contributed by atoms with van der Waals surface area (Å²) in [6.07, 6.45) is -0.561. The van der Waals surface area contributed by atoms with E-state index in [4.69, 9.17) is 4.74 Å². The summed E-state index contributed by atoms with van der Waals surface area (Å²) in [5, 5.41) is 10.4. The monoisotopic (exact) mass is 391 g/mol. The number of hydrogen-bond acceptors (Lipinski definition) is 5. The van der Waals surface area contributed by atoms with Crippen LogP contribution in [-0.2, 0) is 4.74 Å². The van der Waals surface area contributed by atoms with Crippen molar-refractivity contribution in [2.45, 2.75) is 33.9 Å². The Bertz CT molecular complexity index is 894. The molecule has 2 aromatic carbocycles. The highest BCUT2D eigenvalue weighted by Gasteiger charge is 2.24. The molecule has 0 fully saturated rings. The van der Waals surface area contributed by atoms with Gasteiger partial charge in [0.05, 0.1) is 5.56 Å². The van der Waals surface area contributed by atoms with Crippen LogP contribution in [0.15, 0.2) is 30.3 Å². The lowest BCUT2D eigenvalue weighted by Crippen LogP contribution is -2.36. The minimum atomic E-state index is -0.851. The molecule has 0 saturated carbocycles. The van der Waals surface area contributed by atoms with Gasteiger partial charge in [-0.05, 0) is 56.8 Å². The Morgan fingerprint density at radius 3 is 2.25 bits per heavy atom. The number of Topliss-reactive ketones (excluding diaryl/α,β-unsaturated/α-hetero) is 1. The predicted octanol–water partition coefficient (Wildman–Crippen LogP) is 4.38. The maximum Gasteiger partial charge on any atom is 0.343 e. The van der Waals surface area contributed by atoms with E-state index in [9.17, 15) is 23.5 Å². The molecule has 1 N–H and O–H groups in total. The Morgan fingerprint density at radius 1 is 1.11 bits per heavy atom. The van der Waals surface area contributed by atoms with Crippen LogP contribution in [-0.4, -0.2) is 41.1 Å². The number of rotatable bonds is 7. The van der Waals surface area contributed by atoms with E-state index in [0.29, 0.717) is 19.2 Å². The van der Waals surface area contributed by atoms with E-state index in [1.807, 2.05) is 18.7 Å². The second-order valence-electron chi connectivity index (χ2n) is 6.33. The van der Waals surface area contributed by atoms with Gasteiger partial charge in [-0.15, -0.1) is 0 Å². The van der Waals surface area contributed by atoms with Crippen LogP contribution in [0.3, 0.4) is 0 Å². The number of nitrogens with zero attached hydrogens (tertiary/aromatic N) is 1. The number of phenolic OH excluding ortho intramolecular Hbond substituents is 1. The molecule has 2 rings (SSSR count). The molecular formula is C21H23F2NO4. The molecule has 28 heavy (non-hydrogen) atoms. The molecule has 0 amide bonds. The topological polar surface area (TPSA) is 66.8 Å². The van der Waals surface area contributed by atoms with Crippen LogP contribution in [0.5, 0.6) is 5.75 Å². The Labute approximate surface area is 162 Å². The average Bonchev–Trinajstić information content (AvgIpc) is 2.62. The third-order valence-corrected chi connectivity index (χ3v) is 4.56. The van der Waals surface area contributed by atoms with Crippen LogP contribution in [0.4, 0.5) is 8.78 Å². The van der Waals surface area contributed by atoms with Gasteiger partial charge in [0.2, 0.25) is 0 Å². The molecule has 1 unspecified atom stereocenters. The van der Waals surface area contributed by atoms with Gasteiger partial charge in [-0.1, -0.05) is 13.8 Å². The maximum absolute atomic E-state index is 14.2. The number of hydrogen-bond donors (Lipinski definition) is 1. The average molecular weight is 391 g/mol. The molecule has 2 aromatic rings. The summed E-state index contributed by atoms with van der Waals surface area (Å²) < 4.78 is 32.8. The molecule has 0 heterocycles. The highest BCUT2D eigenvalue weighted by Crippen LogP contribution is 2.33. The fourth-order valence-electron chi connectivity index (χ4n) is 2.97. The van der Waals surface area contributed by atoms with Crippen molar-refractivity contribution in [3.63, 3.8) is 0 Å². The Balaban J connectivity index is 2.53. The first-order chi connectivity index (χ1) is 13.2. The number of ether oxygens (including phenoxy) is 1. The Kier molecular flexibility index (Phi) is 6.85. The van der Waals surface area contributed by atoms with Gasteiger partial charge in [-0.25, -0.2) is 13.6 Å². The first-order valence-corrected chi connectivity index (χ1v) is 8.97. The molecule has 7 heteroatoms. The Morgan fingerprint density at radius 2 is 1.71 bits per heavy atom. The fourth-order valence-corrected chi connectivity index (χ4v) is 2.97. The summed E-state index contributed by atoms with van der Waals surface area (Å²) in [5.41, 5.74) is -0.258. The first kappa shape index (κ1) is 21.5. The van der Waals surface area contributed by atoms with Crippen molar-refractivity contribution < 1.29 is 28.2 Å². The van der Waals surface area contributed by atoms with Gasteiger partial charge >= 0.3 is 5.97 Å². The number of phenols is 1. The lowest BCUT2D eigenvalue weighted by molar-refractivity contribution is -0.0199. The van der Waals surface area contributed by atoms with Crippen molar-refractivity contribution in [2.75, 3.05) is 13.1 Å². The van der Waals surface area contributed by atoms with Crippen molar-refractivity contribution in [2.24, 2.45) is 0 Å². The number of ketones is 1. The van der Waals surface area contributed by atoms with Crippen LogP contribution in [0.2, 0.25) is 0 Å². The lowest BCUT2D eigenvalue weighted by Gasteiger charge is -2.26. The van der Waals surface area contributed by atoms with E-state index in [1.165, 1.54) is 25.1 Å². The number of carbonyl (C=O) groups is 2. The summed E-state index contributed by atoms with van der Waals surface area (Å²) in [4.78, 5) is 26.4. The molecule has 150 valence electrons. The molecule has 1 atom stereocenters. The largest absolute Gasteiger partial charge is 0.506 e. The maximum atomic E-state index is 14.2. The summed E-state index contributed by atoms with van der Waals surface area (Å²) in [5.74, 6) is -3.48. The molecule has 5 nitrogen and oxygen atoms in total. The fraction of sp³-hybridized carbons (Fsp3) is 0.333. The number of halogens is 2. The smallest absolute Gasteiger partial charge is 0.343 e. The minimum Gasteiger partial charge on any atom is -0.506 e. The summed E-state index contributed by atoms with van der Waals surface area (Å²) in [7, 11) is 0. The summed E-state index contributed by atoms with van der Waals surface area (Å²) >= 11 is 0. The third-order valence-electron chi connectivity index (χ3n) is 4.56. The zero-order chi connectivity index (χ0) is 21.0. The zero-order valence-corrected chi connectivity index (χ0v) is 16.3. The van der Waals surface area contributed by atoms with E-state index in [0.717, 1.165) is 6.07 Å². The predicted molar refractivity (Wildman–Crippen MR) is 101 cm³/mol. The van der Waals surface area contributed by atoms with Gasteiger partial charge in [-0.3, -0.25) is 9.69 Å². The molecule has 0 bridgehead atoms. The van der Waals surface area contributed by atoms with Gasteiger partial charge in [0, 0.05) is 11.6 Å². The standard InChI is InChI=1S/C21H23F2NO4/c1-5-24(6-2)13(4)28-21(27)18-10-14(9-17(12(3)25)20(18)26)16-8-7-15(22)11-19(16)23/h7-11,13,26H,5-6H2,1-4H3. The van der Waals surface area contributed by atoms with Gasteiger partial charge in [0.15, 0.2) is 12.0 Å². The normalized spacial score (nSPS) is 12.1. The summed E-state index contributed by atoms with van der Waals surface area (Å²) in [6.45, 7) is 8.03. The molecule has 0 aromatic heterocycles. The molecule has 0 radical (unpaired) electrons. The van der Waals surface area contributed by atoms with Crippen LogP contribution < -0.4 is 0 Å². The molecule has 0 aliphatic rings. The second kappa shape index (κ2) is 8.93. The molecule has 0 spiro atoms. The number of carbonyl (C=O) groups excluding carboxylic acids is 2. The Hall–Kier alpha value is -2.80. The third kappa shape index (κ3) is 4.54. The molecule has 0 aliphatic heterocycles. The number of aromatic hydroxyl groups is 1. The van der Waals surface area contributed by atoms with Crippen molar-refractivity contribution in [3.8, 4) is 16.9 Å². The number of esters is 1. The first-order valence-electron chi connectivity index (χ1n) is 8.97. The van der Waals surface area contributed by atoms with Crippen molar-refractivity contribution in [1.29, 1.82) is 0 Å². The quantitative estimate of drug-likeness (QED) is 0.431. The van der Waals surface area contributed by atoms with E-state index >= 15 is 0 Å². The van der Waals surface area contributed by atoms with Crippen LogP contribution in [0.1, 0.15) is 48.4 Å². The number of benzene rings is 2. The van der Waals surface area contributed by atoms with Crippen molar-refractivity contribution >= 4 is 11.8 Å². The van der Waals surface area contributed by atoms with Crippen molar-refractivity contribution in [3.05, 3.63) is 53.1 Å². The second-order valence-corrected chi connectivity index (χ2v) is 6.33. The molecule has 0 aliphatic carbocycles. The van der Waals surface area contributed by atoms with Gasteiger partial charge in [0.1, 0.15) is 22.9 Å². The van der Waals surface area contributed by atoms with Crippen molar-refractivity contribution in [1.82, 2.24) is 4.90 Å². The SMILES string of the molecule is CCN(CC)C(C)OC(=O)c1cc(-c2ccc(F)cc2F)cc(C(C)=O)c1O. The van der Waals surface area contributed by atoms with Gasteiger partial charge < -0.3 is 9.84 Å². The minimum absolute atomic E-state index is 0.00487. The molecule has 0 saturated heterocycles. The van der Waals surface area contributed by atoms with Crippen LogP contribution in [0, 0.1) is 11.6 Å². The highest BCUT2D eigenvalue weighted by molar-refractivity contribution is 6.04. The molecular weight excluding hydrogens is 368 g/mol. The summed E-state index contributed by atoms with van der Waals surface area (Å²) in [6, 6.07) is 5.47. The van der Waals surface area contributed by atoms with Gasteiger partial charge in [-0.2, -0.15) is 0 Å². The van der Waals surface area contributed by atoms with E-state index in [2.05, 4.69) is 0 Å². The zero-order valence-electron chi connectivity index (χ0n) is 16.3. The highest BCUT2D eigenvalue weighted by atomic mass is 19.1. The van der Waals surface area contributed by atoms with E-state index in [1.54, 1.807) is 6.92 Å². The van der Waals surface area contributed by atoms with Gasteiger partial charge in [0.25, 0.3) is 0 Å². The lowest BCUT2D eigenvalue weighted by atomic mass is 9.96. The van der Waals surface area contributed by atoms with Crippen LogP contribution >= 0.6 is 0 Å².